The van der Waals surface area contributed by atoms with E-state index >= 15 is 0 Å². The fraction of sp³-hybridized carbons (Fsp3) is 0.235. The highest BCUT2D eigenvalue weighted by molar-refractivity contribution is 6.07. The van der Waals surface area contributed by atoms with E-state index in [1.165, 1.54) is 0 Å². The summed E-state index contributed by atoms with van der Waals surface area (Å²) in [5, 5.41) is 24.4. The molecule has 0 saturated carbocycles. The van der Waals surface area contributed by atoms with Gasteiger partial charge in [0.2, 0.25) is 0 Å². The summed E-state index contributed by atoms with van der Waals surface area (Å²) in [4.78, 5) is 32.6. The van der Waals surface area contributed by atoms with E-state index < -0.39 is 27.1 Å². The molecule has 0 heterocycles. The summed E-state index contributed by atoms with van der Waals surface area (Å²) in [5.74, 6) is -0.307. The summed E-state index contributed by atoms with van der Waals surface area (Å²) in [7, 11) is 0. The number of carbonyl (C=O) groups excluding carboxylic acids is 1. The Labute approximate surface area is 143 Å². The van der Waals surface area contributed by atoms with E-state index in [-0.39, 0.29) is 5.56 Å². The van der Waals surface area contributed by atoms with E-state index in [2.05, 4.69) is 19.2 Å². The molecule has 0 aliphatic heterocycles. The third kappa shape index (κ3) is 4.17. The lowest BCUT2D eigenvalue weighted by Crippen LogP contribution is -2.14. The lowest BCUT2D eigenvalue weighted by atomic mass is 9.98. The van der Waals surface area contributed by atoms with E-state index in [1.807, 2.05) is 12.1 Å². The first-order valence-electron chi connectivity index (χ1n) is 7.67. The fourth-order valence-corrected chi connectivity index (χ4v) is 2.31. The third-order valence-corrected chi connectivity index (χ3v) is 3.98. The lowest BCUT2D eigenvalue weighted by molar-refractivity contribution is -0.394. The molecule has 0 spiro atoms. The maximum absolute atomic E-state index is 12.3. The second kappa shape index (κ2) is 7.52. The minimum absolute atomic E-state index is 0.235. The van der Waals surface area contributed by atoms with Crippen molar-refractivity contribution in [2.45, 2.75) is 26.2 Å². The molecule has 2 aromatic carbocycles. The number of nitro benzene ring substituents is 2. The number of nitrogens with one attached hydrogen (secondary N) is 1. The van der Waals surface area contributed by atoms with E-state index in [4.69, 9.17) is 0 Å². The van der Waals surface area contributed by atoms with E-state index in [9.17, 15) is 25.0 Å². The molecule has 0 aromatic heterocycles. The molecule has 0 unspecified atom stereocenters. The molecule has 1 atom stereocenters. The van der Waals surface area contributed by atoms with Crippen LogP contribution < -0.4 is 5.32 Å². The monoisotopic (exact) mass is 343 g/mol. The molecule has 0 aliphatic rings. The number of rotatable bonds is 6. The minimum Gasteiger partial charge on any atom is -0.322 e. The Morgan fingerprint density at radius 2 is 1.72 bits per heavy atom. The van der Waals surface area contributed by atoms with E-state index in [0.717, 1.165) is 30.2 Å². The second-order valence-electron chi connectivity index (χ2n) is 5.60. The molecule has 8 nitrogen and oxygen atoms in total. The van der Waals surface area contributed by atoms with Crippen LogP contribution in [0.25, 0.3) is 0 Å². The van der Waals surface area contributed by atoms with Gasteiger partial charge >= 0.3 is 0 Å². The Bertz CT molecular complexity index is 818. The van der Waals surface area contributed by atoms with Crippen LogP contribution in [0.2, 0.25) is 0 Å². The Hall–Kier alpha value is -3.29. The van der Waals surface area contributed by atoms with Crippen LogP contribution in [0.15, 0.2) is 42.5 Å². The zero-order valence-corrected chi connectivity index (χ0v) is 13.8. The van der Waals surface area contributed by atoms with Crippen LogP contribution in [-0.4, -0.2) is 15.8 Å². The standard InChI is InChI=1S/C17H17N3O5/c1-3-11(2)12-4-6-13(7-5-12)18-17(21)15-9-8-14(19(22)23)10-16(15)20(24)25/h4-11H,3H2,1-2H3,(H,18,21)/t11-/m1/s1. The van der Waals surface area contributed by atoms with Crippen molar-refractivity contribution in [3.8, 4) is 0 Å². The number of hydrogen-bond donors (Lipinski definition) is 1. The third-order valence-electron chi connectivity index (χ3n) is 3.98. The van der Waals surface area contributed by atoms with Crippen LogP contribution in [0.3, 0.4) is 0 Å². The van der Waals surface area contributed by atoms with Crippen LogP contribution in [0.5, 0.6) is 0 Å². The zero-order chi connectivity index (χ0) is 18.6. The number of nitro groups is 2. The molecule has 2 rings (SSSR count). The molecular weight excluding hydrogens is 326 g/mol. The minimum atomic E-state index is -0.812. The van der Waals surface area contributed by atoms with Gasteiger partial charge in [0.1, 0.15) is 5.56 Å². The molecule has 1 N–H and O–H groups in total. The van der Waals surface area contributed by atoms with Crippen molar-refractivity contribution in [3.05, 3.63) is 73.8 Å². The van der Waals surface area contributed by atoms with Gasteiger partial charge < -0.3 is 5.32 Å². The smallest absolute Gasteiger partial charge is 0.289 e. The van der Waals surface area contributed by atoms with Crippen LogP contribution in [0.1, 0.15) is 42.1 Å². The normalized spacial score (nSPS) is 11.6. The van der Waals surface area contributed by atoms with Gasteiger partial charge in [-0.15, -0.1) is 0 Å². The highest BCUT2D eigenvalue weighted by Gasteiger charge is 2.24. The number of carbonyl (C=O) groups is 1. The summed E-state index contributed by atoms with van der Waals surface area (Å²) < 4.78 is 0. The Morgan fingerprint density at radius 1 is 1.08 bits per heavy atom. The SMILES string of the molecule is CC[C@@H](C)c1ccc(NC(=O)c2ccc([N+](=O)[O-])cc2[N+](=O)[O-])cc1. The molecule has 2 aromatic rings. The summed E-state index contributed by atoms with van der Waals surface area (Å²) in [6, 6.07) is 10.1. The largest absolute Gasteiger partial charge is 0.322 e. The van der Waals surface area contributed by atoms with Gasteiger partial charge in [-0.1, -0.05) is 26.0 Å². The first kappa shape index (κ1) is 18.1. The van der Waals surface area contributed by atoms with Gasteiger partial charge in [-0.3, -0.25) is 25.0 Å². The highest BCUT2D eigenvalue weighted by Crippen LogP contribution is 2.26. The maximum Gasteiger partial charge on any atom is 0.289 e. The van der Waals surface area contributed by atoms with Crippen LogP contribution in [0.4, 0.5) is 17.1 Å². The summed E-state index contributed by atoms with van der Waals surface area (Å²) in [6.07, 6.45) is 0.987. The van der Waals surface area contributed by atoms with E-state index in [0.29, 0.717) is 11.6 Å². The molecular formula is C17H17N3O5. The first-order chi connectivity index (χ1) is 11.8. The topological polar surface area (TPSA) is 115 Å². The molecule has 0 aliphatic carbocycles. The van der Waals surface area contributed by atoms with Gasteiger partial charge in [0.05, 0.1) is 15.9 Å². The zero-order valence-electron chi connectivity index (χ0n) is 13.8. The van der Waals surface area contributed by atoms with Crippen molar-refractivity contribution in [2.75, 3.05) is 5.32 Å². The number of nitrogens with zero attached hydrogens (tertiary/aromatic N) is 2. The summed E-state index contributed by atoms with van der Waals surface area (Å²) >= 11 is 0. The molecule has 130 valence electrons. The van der Waals surface area contributed by atoms with Gasteiger partial charge in [-0.05, 0) is 36.1 Å². The number of non-ortho nitro benzene ring substituents is 1. The quantitative estimate of drug-likeness (QED) is 0.621. The Balaban J connectivity index is 2.26. The Kier molecular flexibility index (Phi) is 5.43. The first-order valence-corrected chi connectivity index (χ1v) is 7.67. The van der Waals surface area contributed by atoms with Crippen LogP contribution >= 0.6 is 0 Å². The molecule has 0 radical (unpaired) electrons. The van der Waals surface area contributed by atoms with Crippen LogP contribution in [-0.2, 0) is 0 Å². The molecule has 25 heavy (non-hydrogen) atoms. The van der Waals surface area contributed by atoms with Gasteiger partial charge in [0.15, 0.2) is 0 Å². The molecule has 8 heteroatoms. The average Bonchev–Trinajstić information content (AvgIpc) is 2.60. The van der Waals surface area contributed by atoms with Crippen molar-refractivity contribution >= 4 is 23.0 Å². The maximum atomic E-state index is 12.3. The fourth-order valence-electron chi connectivity index (χ4n) is 2.31. The molecule has 0 fully saturated rings. The molecule has 0 saturated heterocycles. The van der Waals surface area contributed by atoms with Gasteiger partial charge in [-0.25, -0.2) is 0 Å². The van der Waals surface area contributed by atoms with Gasteiger partial charge in [0.25, 0.3) is 17.3 Å². The predicted molar refractivity (Wildman–Crippen MR) is 92.9 cm³/mol. The van der Waals surface area contributed by atoms with Gasteiger partial charge in [0, 0.05) is 11.8 Å². The van der Waals surface area contributed by atoms with Crippen molar-refractivity contribution < 1.29 is 14.6 Å². The lowest BCUT2D eigenvalue weighted by Gasteiger charge is -2.10. The van der Waals surface area contributed by atoms with Gasteiger partial charge in [-0.2, -0.15) is 0 Å². The van der Waals surface area contributed by atoms with Crippen molar-refractivity contribution in [1.82, 2.24) is 0 Å². The van der Waals surface area contributed by atoms with E-state index in [1.54, 1.807) is 12.1 Å². The van der Waals surface area contributed by atoms with Crippen molar-refractivity contribution in [3.63, 3.8) is 0 Å². The Morgan fingerprint density at radius 3 is 2.24 bits per heavy atom. The number of amides is 1. The number of anilines is 1. The summed E-state index contributed by atoms with van der Waals surface area (Å²) in [5.41, 5.74) is 0.331. The van der Waals surface area contributed by atoms with Crippen LogP contribution in [0, 0.1) is 20.2 Å². The van der Waals surface area contributed by atoms with Crippen molar-refractivity contribution in [1.29, 1.82) is 0 Å². The highest BCUT2D eigenvalue weighted by atomic mass is 16.6. The predicted octanol–water partition coefficient (Wildman–Crippen LogP) is 4.27. The second-order valence-corrected chi connectivity index (χ2v) is 5.60. The number of hydrogen-bond acceptors (Lipinski definition) is 5. The number of benzene rings is 2. The average molecular weight is 343 g/mol. The molecule has 0 bridgehead atoms. The summed E-state index contributed by atoms with van der Waals surface area (Å²) in [6.45, 7) is 4.17. The van der Waals surface area contributed by atoms with Crippen molar-refractivity contribution in [2.24, 2.45) is 0 Å². The molecule has 1 amide bonds.